The largest absolute Gasteiger partial charge is 0.348 e. The summed E-state index contributed by atoms with van der Waals surface area (Å²) in [5, 5.41) is 6.62. The highest BCUT2D eigenvalue weighted by Crippen LogP contribution is 2.09. The summed E-state index contributed by atoms with van der Waals surface area (Å²) in [7, 11) is 0. The number of rotatable bonds is 4. The highest BCUT2D eigenvalue weighted by atomic mass is 32.1. The van der Waals surface area contributed by atoms with E-state index in [9.17, 15) is 4.79 Å². The minimum Gasteiger partial charge on any atom is -0.348 e. The summed E-state index contributed by atoms with van der Waals surface area (Å²) in [6, 6.07) is 9.68. The molecule has 88 valence electrons. The molecule has 0 aliphatic carbocycles. The van der Waals surface area contributed by atoms with E-state index >= 15 is 0 Å². The monoisotopic (exact) mass is 246 g/mol. The molecule has 2 aromatic rings. The molecule has 0 aliphatic rings. The van der Waals surface area contributed by atoms with E-state index in [1.54, 1.807) is 0 Å². The molecule has 2 rings (SSSR count). The molecule has 0 saturated heterocycles. The Morgan fingerprint density at radius 2 is 2.00 bits per heavy atom. The van der Waals surface area contributed by atoms with Crippen LogP contribution in [0.2, 0.25) is 0 Å². The zero-order chi connectivity index (χ0) is 12.1. The molecule has 0 radical (unpaired) electrons. The lowest BCUT2D eigenvalue weighted by Gasteiger charge is -2.08. The van der Waals surface area contributed by atoms with Gasteiger partial charge in [-0.05, 0) is 22.6 Å². The average molecular weight is 246 g/mol. The second-order valence-electron chi connectivity index (χ2n) is 3.67. The maximum absolute atomic E-state index is 11.7. The van der Waals surface area contributed by atoms with Crippen molar-refractivity contribution in [2.24, 2.45) is 5.73 Å². The Balaban J connectivity index is 2.00. The van der Waals surface area contributed by atoms with Gasteiger partial charge in [0.25, 0.3) is 5.91 Å². The highest BCUT2D eigenvalue weighted by Gasteiger charge is 2.06. The van der Waals surface area contributed by atoms with Crippen LogP contribution in [0.3, 0.4) is 0 Å². The predicted octanol–water partition coefficient (Wildman–Crippen LogP) is 2.14. The van der Waals surface area contributed by atoms with E-state index < -0.39 is 0 Å². The van der Waals surface area contributed by atoms with Crippen LogP contribution in [0.4, 0.5) is 0 Å². The Kier molecular flexibility index (Phi) is 3.90. The number of carbonyl (C=O) groups is 1. The fourth-order valence-corrected chi connectivity index (χ4v) is 2.24. The van der Waals surface area contributed by atoms with Crippen LogP contribution in [0.5, 0.6) is 0 Å². The summed E-state index contributed by atoms with van der Waals surface area (Å²) in [6.07, 6.45) is 0. The number of nitrogens with one attached hydrogen (secondary N) is 1. The number of hydrogen-bond donors (Lipinski definition) is 2. The van der Waals surface area contributed by atoms with Gasteiger partial charge in [-0.1, -0.05) is 24.3 Å². The van der Waals surface area contributed by atoms with Crippen molar-refractivity contribution in [1.29, 1.82) is 0 Å². The normalized spacial score (nSPS) is 10.2. The van der Waals surface area contributed by atoms with E-state index in [1.807, 2.05) is 41.1 Å². The van der Waals surface area contributed by atoms with Crippen molar-refractivity contribution in [1.82, 2.24) is 5.32 Å². The van der Waals surface area contributed by atoms with Gasteiger partial charge in [-0.25, -0.2) is 0 Å². The summed E-state index contributed by atoms with van der Waals surface area (Å²) < 4.78 is 0. The third-order valence-electron chi connectivity index (χ3n) is 2.56. The first-order valence-electron chi connectivity index (χ1n) is 5.38. The molecule has 0 spiro atoms. The summed E-state index contributed by atoms with van der Waals surface area (Å²) in [6.45, 7) is 1.01. The topological polar surface area (TPSA) is 55.1 Å². The van der Waals surface area contributed by atoms with Crippen molar-refractivity contribution >= 4 is 17.2 Å². The van der Waals surface area contributed by atoms with Gasteiger partial charge in [0.2, 0.25) is 0 Å². The number of benzene rings is 1. The van der Waals surface area contributed by atoms with Crippen LogP contribution in [-0.4, -0.2) is 5.91 Å². The van der Waals surface area contributed by atoms with Crippen molar-refractivity contribution in [3.63, 3.8) is 0 Å². The molecular weight excluding hydrogens is 232 g/mol. The molecule has 3 N–H and O–H groups in total. The molecule has 1 aromatic carbocycles. The van der Waals surface area contributed by atoms with Crippen molar-refractivity contribution in [3.05, 3.63) is 57.8 Å². The quantitative estimate of drug-likeness (QED) is 0.868. The van der Waals surface area contributed by atoms with Gasteiger partial charge in [-0.15, -0.1) is 0 Å². The second-order valence-corrected chi connectivity index (χ2v) is 4.45. The number of nitrogens with two attached hydrogens (primary N) is 1. The Morgan fingerprint density at radius 1 is 1.24 bits per heavy atom. The van der Waals surface area contributed by atoms with E-state index in [0.29, 0.717) is 18.7 Å². The third kappa shape index (κ3) is 2.93. The van der Waals surface area contributed by atoms with Crippen LogP contribution in [0.15, 0.2) is 41.1 Å². The minimum atomic E-state index is -0.0434. The van der Waals surface area contributed by atoms with E-state index in [0.717, 1.165) is 11.1 Å². The van der Waals surface area contributed by atoms with Crippen LogP contribution < -0.4 is 11.1 Å². The molecule has 1 amide bonds. The van der Waals surface area contributed by atoms with Gasteiger partial charge in [-0.2, -0.15) is 11.3 Å². The molecule has 1 heterocycles. The van der Waals surface area contributed by atoms with E-state index in [-0.39, 0.29) is 5.91 Å². The van der Waals surface area contributed by atoms with Crippen LogP contribution in [0.25, 0.3) is 0 Å². The lowest BCUT2D eigenvalue weighted by atomic mass is 10.1. The standard InChI is InChI=1S/C13H14N2OS/c14-7-10-3-1-2-4-11(10)8-15-13(16)12-5-6-17-9-12/h1-6,9H,7-8,14H2,(H,15,16). The van der Waals surface area contributed by atoms with Gasteiger partial charge < -0.3 is 11.1 Å². The third-order valence-corrected chi connectivity index (χ3v) is 3.24. The summed E-state index contributed by atoms with van der Waals surface area (Å²) in [5.41, 5.74) is 8.48. The number of thiophene rings is 1. The van der Waals surface area contributed by atoms with Crippen molar-refractivity contribution < 1.29 is 4.79 Å². The molecule has 17 heavy (non-hydrogen) atoms. The van der Waals surface area contributed by atoms with Gasteiger partial charge in [0.05, 0.1) is 0 Å². The highest BCUT2D eigenvalue weighted by molar-refractivity contribution is 7.08. The van der Waals surface area contributed by atoms with Crippen LogP contribution in [0.1, 0.15) is 21.5 Å². The van der Waals surface area contributed by atoms with Gasteiger partial charge in [0.15, 0.2) is 0 Å². The minimum absolute atomic E-state index is 0.0434. The van der Waals surface area contributed by atoms with E-state index in [4.69, 9.17) is 5.73 Å². The van der Waals surface area contributed by atoms with Gasteiger partial charge in [0, 0.05) is 24.0 Å². The number of hydrogen-bond acceptors (Lipinski definition) is 3. The Bertz CT molecular complexity index is 494. The van der Waals surface area contributed by atoms with Gasteiger partial charge in [-0.3, -0.25) is 4.79 Å². The van der Waals surface area contributed by atoms with E-state index in [1.165, 1.54) is 11.3 Å². The molecule has 0 atom stereocenters. The first-order chi connectivity index (χ1) is 8.31. The predicted molar refractivity (Wildman–Crippen MR) is 69.8 cm³/mol. The van der Waals surface area contributed by atoms with Crippen LogP contribution in [-0.2, 0) is 13.1 Å². The zero-order valence-electron chi connectivity index (χ0n) is 9.35. The Morgan fingerprint density at radius 3 is 2.65 bits per heavy atom. The average Bonchev–Trinajstić information content (AvgIpc) is 2.90. The van der Waals surface area contributed by atoms with E-state index in [2.05, 4.69) is 5.32 Å². The molecule has 3 nitrogen and oxygen atoms in total. The number of carbonyl (C=O) groups excluding carboxylic acids is 1. The fraction of sp³-hybridized carbons (Fsp3) is 0.154. The molecule has 0 bridgehead atoms. The summed E-state index contributed by atoms with van der Waals surface area (Å²) in [5.74, 6) is -0.0434. The smallest absolute Gasteiger partial charge is 0.252 e. The fourth-order valence-electron chi connectivity index (χ4n) is 1.60. The molecule has 0 aliphatic heterocycles. The molecular formula is C13H14N2OS. The summed E-state index contributed by atoms with van der Waals surface area (Å²) in [4.78, 5) is 11.7. The van der Waals surface area contributed by atoms with Crippen molar-refractivity contribution in [2.75, 3.05) is 0 Å². The van der Waals surface area contributed by atoms with Gasteiger partial charge in [0.1, 0.15) is 0 Å². The summed E-state index contributed by atoms with van der Waals surface area (Å²) >= 11 is 1.52. The SMILES string of the molecule is NCc1ccccc1CNC(=O)c1ccsc1. The van der Waals surface area contributed by atoms with Crippen LogP contribution in [0, 0.1) is 0 Å². The molecule has 0 saturated carbocycles. The molecule has 0 unspecified atom stereocenters. The molecule has 4 heteroatoms. The van der Waals surface area contributed by atoms with Crippen molar-refractivity contribution in [2.45, 2.75) is 13.1 Å². The Labute approximate surface area is 104 Å². The zero-order valence-corrected chi connectivity index (χ0v) is 10.2. The maximum atomic E-state index is 11.7. The number of amides is 1. The molecule has 1 aromatic heterocycles. The lowest BCUT2D eigenvalue weighted by molar-refractivity contribution is 0.0951. The maximum Gasteiger partial charge on any atom is 0.252 e. The Hall–Kier alpha value is -1.65. The second kappa shape index (κ2) is 5.61. The first-order valence-corrected chi connectivity index (χ1v) is 6.33. The van der Waals surface area contributed by atoms with Crippen molar-refractivity contribution in [3.8, 4) is 0 Å². The lowest BCUT2D eigenvalue weighted by Crippen LogP contribution is -2.23. The van der Waals surface area contributed by atoms with Gasteiger partial charge >= 0.3 is 0 Å². The molecule has 0 fully saturated rings. The van der Waals surface area contributed by atoms with Crippen LogP contribution >= 0.6 is 11.3 Å². The first kappa shape index (κ1) is 11.8.